The van der Waals surface area contributed by atoms with Gasteiger partial charge in [0.05, 0.1) is 11.1 Å². The second-order valence-electron chi connectivity index (χ2n) is 2.18. The van der Waals surface area contributed by atoms with Crippen LogP contribution in [0.3, 0.4) is 0 Å². The zero-order chi connectivity index (χ0) is 7.56. The van der Waals surface area contributed by atoms with Gasteiger partial charge in [-0.3, -0.25) is 0 Å². The Morgan fingerprint density at radius 1 is 1.80 bits per heavy atom. The zero-order valence-corrected chi connectivity index (χ0v) is 7.05. The molecule has 0 amide bonds. The minimum absolute atomic E-state index is 0.118. The summed E-state index contributed by atoms with van der Waals surface area (Å²) in [6.07, 6.45) is 2.85. The Bertz CT molecular complexity index is 207. The van der Waals surface area contributed by atoms with Crippen LogP contribution in [0.5, 0.6) is 0 Å². The Balaban J connectivity index is 2.78. The van der Waals surface area contributed by atoms with Gasteiger partial charge in [0, 0.05) is 6.20 Å². The maximum Gasteiger partial charge on any atom is 0.0932 e. The molecule has 3 nitrogen and oxygen atoms in total. The van der Waals surface area contributed by atoms with Crippen molar-refractivity contribution < 1.29 is 0 Å². The van der Waals surface area contributed by atoms with E-state index in [1.165, 1.54) is 0 Å². The molecule has 0 radical (unpaired) electrons. The van der Waals surface area contributed by atoms with Gasteiger partial charge in [0.25, 0.3) is 0 Å². The molecular formula is C6H11N3S. The highest BCUT2D eigenvalue weighted by Gasteiger charge is 2.00. The Morgan fingerprint density at radius 2 is 2.50 bits per heavy atom. The first-order valence-electron chi connectivity index (χ1n) is 3.32. The number of aromatic nitrogens is 3. The van der Waals surface area contributed by atoms with Crippen molar-refractivity contribution in [3.63, 3.8) is 0 Å². The minimum atomic E-state index is 0.118. The SMILES string of the molecule is CCc1cn(C(C)S)nn1. The smallest absolute Gasteiger partial charge is 0.0932 e. The molecule has 0 fully saturated rings. The number of aryl methyl sites for hydroxylation is 1. The van der Waals surface area contributed by atoms with Crippen LogP contribution in [0.1, 0.15) is 24.9 Å². The van der Waals surface area contributed by atoms with Crippen LogP contribution in [-0.4, -0.2) is 15.0 Å². The molecule has 1 unspecified atom stereocenters. The van der Waals surface area contributed by atoms with Gasteiger partial charge in [0.15, 0.2) is 0 Å². The van der Waals surface area contributed by atoms with Crippen molar-refractivity contribution in [2.75, 3.05) is 0 Å². The molecule has 0 N–H and O–H groups in total. The van der Waals surface area contributed by atoms with E-state index in [2.05, 4.69) is 29.9 Å². The molecule has 10 heavy (non-hydrogen) atoms. The molecule has 0 aliphatic heterocycles. The summed E-state index contributed by atoms with van der Waals surface area (Å²) >= 11 is 4.20. The molecule has 0 spiro atoms. The molecule has 0 aliphatic carbocycles. The first-order chi connectivity index (χ1) is 4.74. The fourth-order valence-electron chi connectivity index (χ4n) is 0.658. The van der Waals surface area contributed by atoms with Crippen LogP contribution >= 0.6 is 12.6 Å². The molecule has 0 saturated heterocycles. The van der Waals surface area contributed by atoms with Crippen molar-refractivity contribution in [3.05, 3.63) is 11.9 Å². The van der Waals surface area contributed by atoms with Gasteiger partial charge in [0.1, 0.15) is 0 Å². The van der Waals surface area contributed by atoms with E-state index < -0.39 is 0 Å². The molecule has 4 heteroatoms. The number of thiol groups is 1. The van der Waals surface area contributed by atoms with E-state index in [0.717, 1.165) is 12.1 Å². The van der Waals surface area contributed by atoms with Gasteiger partial charge in [0.2, 0.25) is 0 Å². The van der Waals surface area contributed by atoms with E-state index in [1.807, 2.05) is 13.1 Å². The summed E-state index contributed by atoms with van der Waals surface area (Å²) in [5, 5.41) is 7.92. The van der Waals surface area contributed by atoms with Gasteiger partial charge >= 0.3 is 0 Å². The fourth-order valence-corrected chi connectivity index (χ4v) is 0.771. The predicted molar refractivity (Wildman–Crippen MR) is 43.1 cm³/mol. The highest BCUT2D eigenvalue weighted by Crippen LogP contribution is 2.07. The van der Waals surface area contributed by atoms with E-state index in [0.29, 0.717) is 0 Å². The molecule has 0 aromatic carbocycles. The molecule has 56 valence electrons. The third-order valence-corrected chi connectivity index (χ3v) is 1.54. The quantitative estimate of drug-likeness (QED) is 0.656. The third-order valence-electron chi connectivity index (χ3n) is 1.30. The number of rotatable bonds is 2. The topological polar surface area (TPSA) is 30.7 Å². The van der Waals surface area contributed by atoms with Crippen LogP contribution in [0.25, 0.3) is 0 Å². The lowest BCUT2D eigenvalue weighted by Crippen LogP contribution is -1.98. The van der Waals surface area contributed by atoms with E-state index in [1.54, 1.807) is 4.68 Å². The van der Waals surface area contributed by atoms with Crippen molar-refractivity contribution >= 4 is 12.6 Å². The highest BCUT2D eigenvalue weighted by molar-refractivity contribution is 7.80. The second kappa shape index (κ2) is 3.05. The lowest BCUT2D eigenvalue weighted by atomic mass is 10.4. The summed E-state index contributed by atoms with van der Waals surface area (Å²) in [5.74, 6) is 0. The second-order valence-corrected chi connectivity index (χ2v) is 2.92. The summed E-state index contributed by atoms with van der Waals surface area (Å²) < 4.78 is 1.74. The third kappa shape index (κ3) is 1.50. The van der Waals surface area contributed by atoms with Crippen LogP contribution in [0.4, 0.5) is 0 Å². The summed E-state index contributed by atoms with van der Waals surface area (Å²) in [6.45, 7) is 4.01. The lowest BCUT2D eigenvalue weighted by molar-refractivity contribution is 0.615. The maximum absolute atomic E-state index is 4.20. The van der Waals surface area contributed by atoms with Crippen LogP contribution in [-0.2, 0) is 6.42 Å². The summed E-state index contributed by atoms with van der Waals surface area (Å²) in [4.78, 5) is 0. The fraction of sp³-hybridized carbons (Fsp3) is 0.667. The lowest BCUT2D eigenvalue weighted by Gasteiger charge is -1.99. The van der Waals surface area contributed by atoms with Crippen molar-refractivity contribution in [2.45, 2.75) is 25.6 Å². The van der Waals surface area contributed by atoms with Gasteiger partial charge < -0.3 is 0 Å². The Morgan fingerprint density at radius 3 is 2.80 bits per heavy atom. The Kier molecular flexibility index (Phi) is 2.32. The Labute approximate surface area is 65.8 Å². The monoisotopic (exact) mass is 157 g/mol. The molecule has 0 bridgehead atoms. The molecule has 1 aromatic rings. The van der Waals surface area contributed by atoms with Crippen molar-refractivity contribution in [2.24, 2.45) is 0 Å². The molecular weight excluding hydrogens is 146 g/mol. The van der Waals surface area contributed by atoms with Gasteiger partial charge in [-0.05, 0) is 13.3 Å². The van der Waals surface area contributed by atoms with Gasteiger partial charge in [-0.15, -0.1) is 5.10 Å². The van der Waals surface area contributed by atoms with Gasteiger partial charge in [-0.25, -0.2) is 4.68 Å². The first-order valence-corrected chi connectivity index (χ1v) is 3.84. The molecule has 1 rings (SSSR count). The average Bonchev–Trinajstić information content (AvgIpc) is 2.34. The van der Waals surface area contributed by atoms with Crippen LogP contribution in [0.15, 0.2) is 6.20 Å². The Hall–Kier alpha value is -0.510. The summed E-state index contributed by atoms with van der Waals surface area (Å²) in [5.41, 5.74) is 1.01. The average molecular weight is 157 g/mol. The molecule has 1 heterocycles. The standard InChI is InChI=1S/C6H11N3S/c1-3-6-4-9(5(2)10)8-7-6/h4-5,10H,3H2,1-2H3. The maximum atomic E-state index is 4.20. The number of hydrogen-bond donors (Lipinski definition) is 1. The van der Waals surface area contributed by atoms with Crippen LogP contribution in [0, 0.1) is 0 Å². The summed E-state index contributed by atoms with van der Waals surface area (Å²) in [7, 11) is 0. The molecule has 1 atom stereocenters. The van der Waals surface area contributed by atoms with Crippen molar-refractivity contribution in [1.29, 1.82) is 0 Å². The first kappa shape index (κ1) is 7.60. The normalized spacial score (nSPS) is 13.5. The van der Waals surface area contributed by atoms with E-state index in [-0.39, 0.29) is 5.37 Å². The van der Waals surface area contributed by atoms with E-state index >= 15 is 0 Å². The zero-order valence-electron chi connectivity index (χ0n) is 6.15. The predicted octanol–water partition coefficient (Wildman–Crippen LogP) is 1.29. The minimum Gasteiger partial charge on any atom is -0.240 e. The van der Waals surface area contributed by atoms with E-state index in [9.17, 15) is 0 Å². The number of nitrogens with zero attached hydrogens (tertiary/aromatic N) is 3. The van der Waals surface area contributed by atoms with Gasteiger partial charge in [-0.1, -0.05) is 12.1 Å². The highest BCUT2D eigenvalue weighted by atomic mass is 32.1. The largest absolute Gasteiger partial charge is 0.240 e. The molecule has 0 saturated carbocycles. The number of hydrogen-bond acceptors (Lipinski definition) is 3. The van der Waals surface area contributed by atoms with E-state index in [4.69, 9.17) is 0 Å². The van der Waals surface area contributed by atoms with Crippen molar-refractivity contribution in [3.8, 4) is 0 Å². The van der Waals surface area contributed by atoms with Crippen LogP contribution < -0.4 is 0 Å². The van der Waals surface area contributed by atoms with Crippen LogP contribution in [0.2, 0.25) is 0 Å². The molecule has 0 aliphatic rings. The van der Waals surface area contributed by atoms with Crippen molar-refractivity contribution in [1.82, 2.24) is 15.0 Å². The summed E-state index contributed by atoms with van der Waals surface area (Å²) in [6, 6.07) is 0. The van der Waals surface area contributed by atoms with Gasteiger partial charge in [-0.2, -0.15) is 12.6 Å². The molecule has 1 aromatic heterocycles.